The van der Waals surface area contributed by atoms with Gasteiger partial charge in [-0.3, -0.25) is 4.79 Å². The van der Waals surface area contributed by atoms with Crippen LogP contribution in [0.3, 0.4) is 0 Å². The smallest absolute Gasteiger partial charge is 0.224 e. The number of carbonyl (C=O) groups excluding carboxylic acids is 1. The van der Waals surface area contributed by atoms with Crippen LogP contribution >= 0.6 is 11.3 Å². The molecule has 1 rings (SSSR count). The highest BCUT2D eigenvalue weighted by Crippen LogP contribution is 2.23. The zero-order valence-electron chi connectivity index (χ0n) is 12.5. The van der Waals surface area contributed by atoms with Crippen molar-refractivity contribution < 1.29 is 4.79 Å². The molecule has 1 aromatic heterocycles. The Morgan fingerprint density at radius 3 is 2.58 bits per heavy atom. The highest BCUT2D eigenvalue weighted by Gasteiger charge is 2.18. The third-order valence-corrected chi connectivity index (χ3v) is 4.07. The zero-order chi connectivity index (χ0) is 14.6. The quantitative estimate of drug-likeness (QED) is 0.869. The summed E-state index contributed by atoms with van der Waals surface area (Å²) in [5.41, 5.74) is 6.90. The number of amides is 1. The summed E-state index contributed by atoms with van der Waals surface area (Å²) in [4.78, 5) is 16.3. The van der Waals surface area contributed by atoms with Gasteiger partial charge in [-0.05, 0) is 6.92 Å². The van der Waals surface area contributed by atoms with Crippen LogP contribution in [-0.2, 0) is 16.6 Å². The van der Waals surface area contributed by atoms with E-state index in [0.29, 0.717) is 6.54 Å². The molecule has 3 N–H and O–H groups in total. The zero-order valence-corrected chi connectivity index (χ0v) is 13.3. The number of hydrogen-bond acceptors (Lipinski definition) is 4. The number of thiazole rings is 1. The summed E-state index contributed by atoms with van der Waals surface area (Å²) in [6.45, 7) is 10.8. The lowest BCUT2D eigenvalue weighted by molar-refractivity contribution is -0.124. The van der Waals surface area contributed by atoms with Crippen molar-refractivity contribution >= 4 is 17.2 Å². The summed E-state index contributed by atoms with van der Waals surface area (Å²) in [7, 11) is 0. The summed E-state index contributed by atoms with van der Waals surface area (Å²) >= 11 is 1.66. The first-order chi connectivity index (χ1) is 8.71. The minimum atomic E-state index is -0.151. The van der Waals surface area contributed by atoms with E-state index >= 15 is 0 Å². The van der Waals surface area contributed by atoms with Gasteiger partial charge in [0, 0.05) is 35.7 Å². The van der Waals surface area contributed by atoms with Gasteiger partial charge in [-0.1, -0.05) is 27.7 Å². The molecule has 2 atom stereocenters. The highest BCUT2D eigenvalue weighted by molar-refractivity contribution is 7.09. The van der Waals surface area contributed by atoms with Crippen LogP contribution in [0.5, 0.6) is 0 Å². The fourth-order valence-electron chi connectivity index (χ4n) is 1.46. The second kappa shape index (κ2) is 6.48. The number of nitrogens with two attached hydrogens (primary N) is 1. The van der Waals surface area contributed by atoms with E-state index in [-0.39, 0.29) is 23.3 Å². The van der Waals surface area contributed by atoms with Crippen LogP contribution in [0.1, 0.15) is 45.3 Å². The number of nitrogens with zero attached hydrogens (tertiary/aromatic N) is 1. The van der Waals surface area contributed by atoms with Gasteiger partial charge in [0.15, 0.2) is 0 Å². The first-order valence-corrected chi connectivity index (χ1v) is 7.58. The van der Waals surface area contributed by atoms with Crippen molar-refractivity contribution in [2.24, 2.45) is 11.7 Å². The Hall–Kier alpha value is -0.940. The Labute approximate surface area is 119 Å². The summed E-state index contributed by atoms with van der Waals surface area (Å²) in [6.07, 6.45) is 0.776. The molecule has 0 saturated heterocycles. The molecule has 0 aliphatic heterocycles. The van der Waals surface area contributed by atoms with Gasteiger partial charge in [-0.2, -0.15) is 0 Å². The number of rotatable bonds is 5. The first kappa shape index (κ1) is 16.1. The summed E-state index contributed by atoms with van der Waals surface area (Å²) in [5.74, 6) is -0.135. The fraction of sp³-hybridized carbons (Fsp3) is 0.714. The van der Waals surface area contributed by atoms with Crippen LogP contribution in [-0.4, -0.2) is 23.5 Å². The normalized spacial score (nSPS) is 15.1. The average molecular weight is 283 g/mol. The number of nitrogens with one attached hydrogen (secondary N) is 1. The molecule has 0 spiro atoms. The van der Waals surface area contributed by atoms with Gasteiger partial charge >= 0.3 is 0 Å². The molecule has 0 saturated carbocycles. The molecule has 0 aliphatic carbocycles. The van der Waals surface area contributed by atoms with E-state index in [1.54, 1.807) is 11.3 Å². The van der Waals surface area contributed by atoms with Gasteiger partial charge < -0.3 is 11.1 Å². The van der Waals surface area contributed by atoms with Gasteiger partial charge in [-0.25, -0.2) is 4.98 Å². The number of carbonyl (C=O) groups is 1. The van der Waals surface area contributed by atoms with E-state index in [4.69, 9.17) is 5.73 Å². The molecular weight excluding hydrogens is 258 g/mol. The Kier molecular flexibility index (Phi) is 5.50. The Morgan fingerprint density at radius 2 is 2.11 bits per heavy atom. The van der Waals surface area contributed by atoms with Crippen LogP contribution in [0.2, 0.25) is 0 Å². The lowest BCUT2D eigenvalue weighted by Gasteiger charge is -2.15. The third-order valence-electron chi connectivity index (χ3n) is 3.16. The Bertz CT molecular complexity index is 421. The van der Waals surface area contributed by atoms with E-state index in [2.05, 4.69) is 36.5 Å². The molecule has 1 aromatic rings. The molecule has 5 heteroatoms. The van der Waals surface area contributed by atoms with Crippen molar-refractivity contribution in [3.8, 4) is 0 Å². The molecule has 2 unspecified atom stereocenters. The second-order valence-corrected chi connectivity index (χ2v) is 7.01. The molecule has 0 aliphatic rings. The van der Waals surface area contributed by atoms with Crippen molar-refractivity contribution in [3.05, 3.63) is 16.1 Å². The van der Waals surface area contributed by atoms with E-state index in [9.17, 15) is 4.79 Å². The minimum Gasteiger partial charge on any atom is -0.355 e. The van der Waals surface area contributed by atoms with Gasteiger partial charge in [0.2, 0.25) is 5.91 Å². The molecule has 4 nitrogen and oxygen atoms in total. The van der Waals surface area contributed by atoms with Gasteiger partial charge in [0.05, 0.1) is 10.7 Å². The lowest BCUT2D eigenvalue weighted by Crippen LogP contribution is -2.39. The van der Waals surface area contributed by atoms with Crippen LogP contribution in [0.4, 0.5) is 0 Å². The summed E-state index contributed by atoms with van der Waals surface area (Å²) in [6, 6.07) is -0.118. The maximum absolute atomic E-state index is 11.7. The Balaban J connectivity index is 2.42. The molecule has 1 heterocycles. The predicted molar refractivity (Wildman–Crippen MR) is 80.3 cm³/mol. The minimum absolute atomic E-state index is 0.0163. The predicted octanol–water partition coefficient (Wildman–Crippen LogP) is 2.08. The maximum atomic E-state index is 11.7. The van der Waals surface area contributed by atoms with Gasteiger partial charge in [0.25, 0.3) is 0 Å². The van der Waals surface area contributed by atoms with Crippen LogP contribution in [0.25, 0.3) is 0 Å². The maximum Gasteiger partial charge on any atom is 0.224 e. The molecule has 0 radical (unpaired) electrons. The summed E-state index contributed by atoms with van der Waals surface area (Å²) in [5, 5.41) is 6.08. The van der Waals surface area contributed by atoms with Crippen molar-refractivity contribution in [3.63, 3.8) is 0 Å². The number of aromatic nitrogens is 1. The van der Waals surface area contributed by atoms with Crippen molar-refractivity contribution in [2.45, 2.75) is 52.5 Å². The molecule has 0 aromatic carbocycles. The van der Waals surface area contributed by atoms with Crippen LogP contribution < -0.4 is 11.1 Å². The molecule has 19 heavy (non-hydrogen) atoms. The van der Waals surface area contributed by atoms with Crippen LogP contribution in [0.15, 0.2) is 5.38 Å². The molecule has 0 bridgehead atoms. The van der Waals surface area contributed by atoms with E-state index in [0.717, 1.165) is 17.1 Å². The molecular formula is C14H25N3OS. The molecule has 1 amide bonds. The molecule has 108 valence electrons. The van der Waals surface area contributed by atoms with Gasteiger partial charge in [-0.15, -0.1) is 11.3 Å². The average Bonchev–Trinajstić information content (AvgIpc) is 2.76. The van der Waals surface area contributed by atoms with E-state index < -0.39 is 0 Å². The lowest BCUT2D eigenvalue weighted by atomic mass is 9.93. The first-order valence-electron chi connectivity index (χ1n) is 6.70. The van der Waals surface area contributed by atoms with Crippen molar-refractivity contribution in [1.29, 1.82) is 0 Å². The fourth-order valence-corrected chi connectivity index (χ4v) is 2.49. The largest absolute Gasteiger partial charge is 0.355 e. The summed E-state index contributed by atoms with van der Waals surface area (Å²) < 4.78 is 0. The standard InChI is InChI=1S/C14H25N3OS/c1-9(10(2)15)13(18)16-7-6-12-17-11(8-19-12)14(3,4)5/h8-10H,6-7,15H2,1-5H3,(H,16,18). The monoisotopic (exact) mass is 283 g/mol. The number of hydrogen-bond donors (Lipinski definition) is 2. The SMILES string of the molecule is CC(N)C(C)C(=O)NCCc1nc(C(C)(C)C)cs1. The van der Waals surface area contributed by atoms with Crippen molar-refractivity contribution in [2.75, 3.05) is 6.54 Å². The van der Waals surface area contributed by atoms with Crippen molar-refractivity contribution in [1.82, 2.24) is 10.3 Å². The topological polar surface area (TPSA) is 68.0 Å². The van der Waals surface area contributed by atoms with E-state index in [1.807, 2.05) is 13.8 Å². The van der Waals surface area contributed by atoms with Crippen LogP contribution in [0, 0.1) is 5.92 Å². The van der Waals surface area contributed by atoms with E-state index in [1.165, 1.54) is 0 Å². The second-order valence-electron chi connectivity index (χ2n) is 6.07. The highest BCUT2D eigenvalue weighted by atomic mass is 32.1. The molecule has 0 fully saturated rings. The van der Waals surface area contributed by atoms with Gasteiger partial charge in [0.1, 0.15) is 0 Å². The third kappa shape index (κ3) is 4.91. The Morgan fingerprint density at radius 1 is 1.47 bits per heavy atom.